The number of halogens is 3. The minimum Gasteiger partial charge on any atom is -0.323 e. The summed E-state index contributed by atoms with van der Waals surface area (Å²) in [6, 6.07) is 0. The number of aromatic nitrogens is 2. The molecule has 0 aliphatic rings. The number of hydrogen-bond acceptors (Lipinski definition) is 3. The summed E-state index contributed by atoms with van der Waals surface area (Å²) in [5, 5.41) is 6.15. The Morgan fingerprint density at radius 2 is 2.15 bits per heavy atom. The van der Waals surface area contributed by atoms with Crippen molar-refractivity contribution in [1.82, 2.24) is 15.3 Å². The number of carbonyl (C=O) groups excluding carboxylic acids is 1. The third-order valence-corrected chi connectivity index (χ3v) is 4.15. The molecule has 0 aromatic carbocycles. The van der Waals surface area contributed by atoms with E-state index in [4.69, 9.17) is 4.84 Å². The SMILES string of the molecule is CNC(=O)On1nc(Br)c(Br)c1Br. The van der Waals surface area contributed by atoms with E-state index in [0.717, 1.165) is 4.85 Å². The molecular formula is C5H4Br3N3O2. The zero-order valence-corrected chi connectivity index (χ0v) is 11.1. The fourth-order valence-corrected chi connectivity index (χ4v) is 1.69. The van der Waals surface area contributed by atoms with Crippen molar-refractivity contribution in [3.8, 4) is 0 Å². The quantitative estimate of drug-likeness (QED) is 0.813. The lowest BCUT2D eigenvalue weighted by atomic mass is 10.8. The van der Waals surface area contributed by atoms with Gasteiger partial charge in [0, 0.05) is 7.05 Å². The van der Waals surface area contributed by atoms with Crippen molar-refractivity contribution in [1.29, 1.82) is 0 Å². The first-order valence-electron chi connectivity index (χ1n) is 3.05. The standard InChI is InChI=1S/C5H4Br3N3O2/c1-9-5(12)13-11-4(8)2(6)3(7)10-11/h1H3,(H,9,12). The Hall–Kier alpha value is -0.0800. The van der Waals surface area contributed by atoms with E-state index in [1.165, 1.54) is 7.05 Å². The molecule has 0 saturated heterocycles. The molecule has 1 heterocycles. The van der Waals surface area contributed by atoms with Gasteiger partial charge in [-0.3, -0.25) is 4.84 Å². The van der Waals surface area contributed by atoms with Crippen molar-refractivity contribution in [2.24, 2.45) is 0 Å². The Labute approximate surface area is 99.2 Å². The van der Waals surface area contributed by atoms with Crippen LogP contribution in [0.25, 0.3) is 0 Å². The fourth-order valence-electron chi connectivity index (χ4n) is 0.521. The minimum atomic E-state index is -0.594. The molecular weight excluding hydrogens is 374 g/mol. The van der Waals surface area contributed by atoms with Gasteiger partial charge in [-0.2, -0.15) is 0 Å². The van der Waals surface area contributed by atoms with Gasteiger partial charge in [-0.1, -0.05) is 4.85 Å². The molecule has 1 amide bonds. The number of nitrogens with one attached hydrogen (secondary N) is 1. The van der Waals surface area contributed by atoms with E-state index in [0.29, 0.717) is 13.7 Å². The normalized spacial score (nSPS) is 9.85. The highest BCUT2D eigenvalue weighted by molar-refractivity contribution is 9.14. The molecule has 8 heteroatoms. The Balaban J connectivity index is 2.90. The topological polar surface area (TPSA) is 56.1 Å². The van der Waals surface area contributed by atoms with Crippen molar-refractivity contribution >= 4 is 53.9 Å². The van der Waals surface area contributed by atoms with Crippen LogP contribution in [-0.4, -0.2) is 23.1 Å². The van der Waals surface area contributed by atoms with Crippen LogP contribution in [-0.2, 0) is 0 Å². The van der Waals surface area contributed by atoms with Crippen LogP contribution in [0.2, 0.25) is 0 Å². The third-order valence-electron chi connectivity index (χ3n) is 1.08. The number of amides is 1. The molecule has 0 aliphatic heterocycles. The molecule has 0 unspecified atom stereocenters. The number of carbonyl (C=O) groups is 1. The smallest absolute Gasteiger partial charge is 0.323 e. The second-order valence-electron chi connectivity index (χ2n) is 1.90. The first-order valence-corrected chi connectivity index (χ1v) is 5.43. The average molecular weight is 378 g/mol. The summed E-state index contributed by atoms with van der Waals surface area (Å²) in [6.45, 7) is 0. The first kappa shape index (κ1) is 11.0. The lowest BCUT2D eigenvalue weighted by Crippen LogP contribution is -2.29. The molecule has 5 nitrogen and oxygen atoms in total. The molecule has 0 fully saturated rings. The zero-order chi connectivity index (χ0) is 10.0. The van der Waals surface area contributed by atoms with Crippen LogP contribution in [0.1, 0.15) is 0 Å². The lowest BCUT2D eigenvalue weighted by Gasteiger charge is -2.01. The Morgan fingerprint density at radius 1 is 1.54 bits per heavy atom. The van der Waals surface area contributed by atoms with E-state index < -0.39 is 6.09 Å². The van der Waals surface area contributed by atoms with Crippen molar-refractivity contribution in [3.63, 3.8) is 0 Å². The third kappa shape index (κ3) is 2.44. The van der Waals surface area contributed by atoms with Gasteiger partial charge in [0.1, 0.15) is 4.60 Å². The second-order valence-corrected chi connectivity index (χ2v) is 4.19. The summed E-state index contributed by atoms with van der Waals surface area (Å²) in [7, 11) is 1.46. The summed E-state index contributed by atoms with van der Waals surface area (Å²) >= 11 is 9.56. The van der Waals surface area contributed by atoms with Gasteiger partial charge in [-0.15, -0.1) is 5.10 Å². The predicted octanol–water partition coefficient (Wildman–Crippen LogP) is 1.94. The van der Waals surface area contributed by atoms with Gasteiger partial charge in [0.2, 0.25) is 0 Å². The van der Waals surface area contributed by atoms with Crippen LogP contribution in [0, 0.1) is 0 Å². The zero-order valence-electron chi connectivity index (χ0n) is 6.34. The molecule has 1 N–H and O–H groups in total. The second kappa shape index (κ2) is 4.43. The average Bonchev–Trinajstić information content (AvgIpc) is 2.34. The van der Waals surface area contributed by atoms with Crippen molar-refractivity contribution in [2.45, 2.75) is 0 Å². The van der Waals surface area contributed by atoms with E-state index in [2.05, 4.69) is 58.2 Å². The van der Waals surface area contributed by atoms with E-state index in [1.54, 1.807) is 0 Å². The van der Waals surface area contributed by atoms with Crippen LogP contribution < -0.4 is 10.2 Å². The van der Waals surface area contributed by atoms with Crippen molar-refractivity contribution in [3.05, 3.63) is 13.7 Å². The van der Waals surface area contributed by atoms with Gasteiger partial charge in [0.25, 0.3) is 0 Å². The summed E-state index contributed by atoms with van der Waals surface area (Å²) in [5.41, 5.74) is 0. The van der Waals surface area contributed by atoms with E-state index >= 15 is 0 Å². The monoisotopic (exact) mass is 375 g/mol. The highest BCUT2D eigenvalue weighted by atomic mass is 79.9. The number of hydrogen-bond donors (Lipinski definition) is 1. The summed E-state index contributed by atoms with van der Waals surface area (Å²) < 4.78 is 1.74. The molecule has 0 saturated carbocycles. The number of nitrogens with zero attached hydrogens (tertiary/aromatic N) is 2. The highest BCUT2D eigenvalue weighted by Crippen LogP contribution is 2.29. The molecule has 0 aliphatic carbocycles. The maximum Gasteiger partial charge on any atom is 0.433 e. The summed E-state index contributed by atoms with van der Waals surface area (Å²) in [4.78, 5) is 16.6. The Kier molecular flexibility index (Phi) is 3.74. The molecule has 1 aromatic heterocycles. The van der Waals surface area contributed by atoms with Crippen molar-refractivity contribution < 1.29 is 9.63 Å². The molecule has 0 bridgehead atoms. The van der Waals surface area contributed by atoms with E-state index in [-0.39, 0.29) is 0 Å². The van der Waals surface area contributed by atoms with Crippen LogP contribution in [0.4, 0.5) is 4.79 Å². The van der Waals surface area contributed by atoms with Crippen molar-refractivity contribution in [2.75, 3.05) is 7.05 Å². The molecule has 13 heavy (non-hydrogen) atoms. The fraction of sp³-hybridized carbons (Fsp3) is 0.200. The summed E-state index contributed by atoms with van der Waals surface area (Å²) in [6.07, 6.45) is -0.594. The van der Waals surface area contributed by atoms with E-state index in [9.17, 15) is 4.79 Å². The number of rotatable bonds is 1. The summed E-state index contributed by atoms with van der Waals surface area (Å²) in [5.74, 6) is 0. The van der Waals surface area contributed by atoms with Gasteiger partial charge < -0.3 is 5.32 Å². The van der Waals surface area contributed by atoms with E-state index in [1.807, 2.05) is 0 Å². The lowest BCUT2D eigenvalue weighted by molar-refractivity contribution is 0.114. The predicted molar refractivity (Wildman–Crippen MR) is 56.4 cm³/mol. The molecule has 0 atom stereocenters. The van der Waals surface area contributed by atoms with Gasteiger partial charge in [-0.05, 0) is 47.8 Å². The van der Waals surface area contributed by atoms with Gasteiger partial charge in [0.05, 0.1) is 4.47 Å². The van der Waals surface area contributed by atoms with Crippen LogP contribution >= 0.6 is 47.8 Å². The van der Waals surface area contributed by atoms with Crippen LogP contribution in [0.3, 0.4) is 0 Å². The first-order chi connectivity index (χ1) is 6.06. The maximum absolute atomic E-state index is 10.8. The Morgan fingerprint density at radius 3 is 2.54 bits per heavy atom. The van der Waals surface area contributed by atoms with Gasteiger partial charge in [-0.25, -0.2) is 4.79 Å². The van der Waals surface area contributed by atoms with Crippen LogP contribution in [0.15, 0.2) is 13.7 Å². The molecule has 0 radical (unpaired) electrons. The molecule has 1 rings (SSSR count). The van der Waals surface area contributed by atoms with Gasteiger partial charge >= 0.3 is 6.09 Å². The molecule has 0 spiro atoms. The molecule has 72 valence electrons. The Bertz CT molecular complexity index is 338. The largest absolute Gasteiger partial charge is 0.433 e. The van der Waals surface area contributed by atoms with Crippen LogP contribution in [0.5, 0.6) is 0 Å². The molecule has 1 aromatic rings. The maximum atomic E-state index is 10.8. The highest BCUT2D eigenvalue weighted by Gasteiger charge is 2.14. The van der Waals surface area contributed by atoms with Gasteiger partial charge in [0.15, 0.2) is 4.60 Å². The minimum absolute atomic E-state index is 0.517.